The summed E-state index contributed by atoms with van der Waals surface area (Å²) in [6, 6.07) is 6.73. The summed E-state index contributed by atoms with van der Waals surface area (Å²) in [7, 11) is 0. The Morgan fingerprint density at radius 2 is 2.15 bits per heavy atom. The second-order valence-electron chi connectivity index (χ2n) is 5.57. The molecule has 1 saturated carbocycles. The predicted molar refractivity (Wildman–Crippen MR) is 75.4 cm³/mol. The summed E-state index contributed by atoms with van der Waals surface area (Å²) in [6.07, 6.45) is 2.62. The van der Waals surface area contributed by atoms with Crippen LogP contribution >= 0.6 is 0 Å². The molecule has 4 N–H and O–H groups in total. The largest absolute Gasteiger partial charge is 0.478 e. The van der Waals surface area contributed by atoms with Crippen molar-refractivity contribution in [3.63, 3.8) is 0 Å². The van der Waals surface area contributed by atoms with Gasteiger partial charge in [0.1, 0.15) is 0 Å². The lowest BCUT2D eigenvalue weighted by molar-refractivity contribution is -0.126. The molecule has 0 spiro atoms. The van der Waals surface area contributed by atoms with Crippen LogP contribution in [0, 0.1) is 5.92 Å². The number of benzene rings is 1. The van der Waals surface area contributed by atoms with E-state index < -0.39 is 11.5 Å². The van der Waals surface area contributed by atoms with E-state index in [1.165, 1.54) is 0 Å². The van der Waals surface area contributed by atoms with Crippen molar-refractivity contribution in [2.45, 2.75) is 31.7 Å². The number of rotatable bonds is 6. The number of hydrogen-bond donors (Lipinski definition) is 3. The number of amides is 1. The average Bonchev–Trinajstić information content (AvgIpc) is 3.23. The van der Waals surface area contributed by atoms with Crippen molar-refractivity contribution in [3.8, 4) is 0 Å². The lowest BCUT2D eigenvalue weighted by Gasteiger charge is -2.23. The molecule has 20 heavy (non-hydrogen) atoms. The number of nitrogens with one attached hydrogen (secondary N) is 1. The highest BCUT2D eigenvalue weighted by molar-refractivity contribution is 5.88. The Kier molecular flexibility index (Phi) is 4.09. The third-order valence-electron chi connectivity index (χ3n) is 3.79. The minimum atomic E-state index is -0.945. The molecule has 1 aromatic carbocycles. The second kappa shape index (κ2) is 5.63. The third kappa shape index (κ3) is 3.36. The minimum Gasteiger partial charge on any atom is -0.478 e. The number of carboxylic acids is 1. The van der Waals surface area contributed by atoms with Crippen LogP contribution in [-0.2, 0) is 11.2 Å². The maximum atomic E-state index is 12.0. The number of aromatic carboxylic acids is 1. The lowest BCUT2D eigenvalue weighted by atomic mass is 9.96. The van der Waals surface area contributed by atoms with Crippen molar-refractivity contribution in [2.24, 2.45) is 11.7 Å². The van der Waals surface area contributed by atoms with E-state index in [9.17, 15) is 9.59 Å². The van der Waals surface area contributed by atoms with Gasteiger partial charge in [0.25, 0.3) is 0 Å². The van der Waals surface area contributed by atoms with Gasteiger partial charge >= 0.3 is 5.97 Å². The van der Waals surface area contributed by atoms with Crippen molar-refractivity contribution in [1.82, 2.24) is 5.32 Å². The summed E-state index contributed by atoms with van der Waals surface area (Å²) in [5.74, 6) is -0.786. The van der Waals surface area contributed by atoms with E-state index in [1.54, 1.807) is 25.1 Å². The molecule has 2 rings (SSSR count). The monoisotopic (exact) mass is 276 g/mol. The van der Waals surface area contributed by atoms with Crippen molar-refractivity contribution in [2.75, 3.05) is 6.54 Å². The van der Waals surface area contributed by atoms with Gasteiger partial charge in [-0.2, -0.15) is 0 Å². The van der Waals surface area contributed by atoms with Crippen LogP contribution in [0.5, 0.6) is 0 Å². The molecule has 1 aliphatic rings. The van der Waals surface area contributed by atoms with Crippen LogP contribution < -0.4 is 11.1 Å². The molecule has 0 aromatic heterocycles. The summed E-state index contributed by atoms with van der Waals surface area (Å²) in [5.41, 5.74) is 6.37. The van der Waals surface area contributed by atoms with Crippen LogP contribution in [0.15, 0.2) is 24.3 Å². The average molecular weight is 276 g/mol. The smallest absolute Gasteiger partial charge is 0.335 e. The van der Waals surface area contributed by atoms with Crippen LogP contribution in [-0.4, -0.2) is 29.1 Å². The minimum absolute atomic E-state index is 0.130. The molecule has 1 amide bonds. The number of carboxylic acid groups (broad SMARTS) is 1. The van der Waals surface area contributed by atoms with Crippen LogP contribution in [0.4, 0.5) is 0 Å². The molecule has 5 heteroatoms. The summed E-state index contributed by atoms with van der Waals surface area (Å²) in [4.78, 5) is 22.8. The quantitative estimate of drug-likeness (QED) is 0.727. The summed E-state index contributed by atoms with van der Waals surface area (Å²) in [6.45, 7) is 2.23. The standard InChI is InChI=1S/C15H20N2O3/c1-15(16,12-5-6-12)14(20)17-8-7-10-3-2-4-11(9-10)13(18)19/h2-4,9,12H,5-8,16H2,1H3,(H,17,20)(H,18,19). The molecule has 0 bridgehead atoms. The van der Waals surface area contributed by atoms with Crippen LogP contribution in [0.3, 0.4) is 0 Å². The van der Waals surface area contributed by atoms with Crippen molar-refractivity contribution in [1.29, 1.82) is 0 Å². The zero-order valence-corrected chi connectivity index (χ0v) is 11.6. The Bertz CT molecular complexity index is 522. The normalized spacial score (nSPS) is 17.3. The summed E-state index contributed by atoms with van der Waals surface area (Å²) < 4.78 is 0. The molecular formula is C15H20N2O3. The molecule has 5 nitrogen and oxygen atoms in total. The predicted octanol–water partition coefficient (Wildman–Crippen LogP) is 1.17. The zero-order chi connectivity index (χ0) is 14.8. The highest BCUT2D eigenvalue weighted by Crippen LogP contribution is 2.38. The maximum absolute atomic E-state index is 12.0. The molecule has 0 heterocycles. The fourth-order valence-corrected chi connectivity index (χ4v) is 2.24. The lowest BCUT2D eigenvalue weighted by Crippen LogP contribution is -2.53. The van der Waals surface area contributed by atoms with E-state index in [4.69, 9.17) is 10.8 Å². The highest BCUT2D eigenvalue weighted by Gasteiger charge is 2.43. The Hall–Kier alpha value is -1.88. The molecule has 0 radical (unpaired) electrons. The number of carbonyl (C=O) groups is 2. The van der Waals surface area contributed by atoms with Gasteiger partial charge in [-0.3, -0.25) is 4.79 Å². The van der Waals surface area contributed by atoms with E-state index >= 15 is 0 Å². The van der Waals surface area contributed by atoms with E-state index in [-0.39, 0.29) is 17.4 Å². The van der Waals surface area contributed by atoms with Gasteiger partial charge in [0, 0.05) is 6.54 Å². The first kappa shape index (κ1) is 14.5. The van der Waals surface area contributed by atoms with Gasteiger partial charge in [-0.15, -0.1) is 0 Å². The topological polar surface area (TPSA) is 92.4 Å². The molecule has 1 fully saturated rings. The van der Waals surface area contributed by atoms with E-state index in [0.29, 0.717) is 13.0 Å². The Labute approximate surface area is 118 Å². The van der Waals surface area contributed by atoms with E-state index in [0.717, 1.165) is 18.4 Å². The van der Waals surface area contributed by atoms with Crippen molar-refractivity contribution < 1.29 is 14.7 Å². The third-order valence-corrected chi connectivity index (χ3v) is 3.79. The number of nitrogens with two attached hydrogens (primary N) is 1. The van der Waals surface area contributed by atoms with Gasteiger partial charge in [0.05, 0.1) is 11.1 Å². The first-order valence-electron chi connectivity index (χ1n) is 6.80. The van der Waals surface area contributed by atoms with Gasteiger partial charge in [-0.25, -0.2) is 4.79 Å². The Morgan fingerprint density at radius 1 is 1.45 bits per heavy atom. The first-order valence-corrected chi connectivity index (χ1v) is 6.80. The molecule has 1 aromatic rings. The van der Waals surface area contributed by atoms with Gasteiger partial charge in [0.15, 0.2) is 0 Å². The molecule has 0 saturated heterocycles. The van der Waals surface area contributed by atoms with Gasteiger partial charge in [0.2, 0.25) is 5.91 Å². The van der Waals surface area contributed by atoms with Gasteiger partial charge in [-0.1, -0.05) is 12.1 Å². The molecule has 0 aliphatic heterocycles. The maximum Gasteiger partial charge on any atom is 0.335 e. The Balaban J connectivity index is 1.85. The second-order valence-corrected chi connectivity index (χ2v) is 5.57. The van der Waals surface area contributed by atoms with E-state index in [1.807, 2.05) is 6.07 Å². The van der Waals surface area contributed by atoms with Crippen LogP contribution in [0.2, 0.25) is 0 Å². The highest BCUT2D eigenvalue weighted by atomic mass is 16.4. The van der Waals surface area contributed by atoms with Crippen LogP contribution in [0.1, 0.15) is 35.7 Å². The molecular weight excluding hydrogens is 256 g/mol. The SMILES string of the molecule is CC(N)(C(=O)NCCc1cccc(C(=O)O)c1)C1CC1. The van der Waals surface area contributed by atoms with Crippen LogP contribution in [0.25, 0.3) is 0 Å². The first-order chi connectivity index (χ1) is 9.41. The number of carbonyl (C=O) groups excluding carboxylic acids is 1. The van der Waals surface area contributed by atoms with Crippen molar-refractivity contribution in [3.05, 3.63) is 35.4 Å². The number of hydrogen-bond acceptors (Lipinski definition) is 3. The molecule has 108 valence electrons. The molecule has 1 aliphatic carbocycles. The van der Waals surface area contributed by atoms with E-state index in [2.05, 4.69) is 5.32 Å². The summed E-state index contributed by atoms with van der Waals surface area (Å²) >= 11 is 0. The Morgan fingerprint density at radius 3 is 2.75 bits per heavy atom. The molecule has 1 atom stereocenters. The van der Waals surface area contributed by atoms with Gasteiger partial charge < -0.3 is 16.2 Å². The van der Waals surface area contributed by atoms with Crippen molar-refractivity contribution >= 4 is 11.9 Å². The summed E-state index contributed by atoms with van der Waals surface area (Å²) in [5, 5.41) is 11.7. The van der Waals surface area contributed by atoms with Gasteiger partial charge in [-0.05, 0) is 49.8 Å². The molecule has 1 unspecified atom stereocenters. The fraction of sp³-hybridized carbons (Fsp3) is 0.467. The fourth-order valence-electron chi connectivity index (χ4n) is 2.24. The zero-order valence-electron chi connectivity index (χ0n) is 11.6.